The molecular weight excluding hydrogens is 358 g/mol. The molecule has 0 saturated carbocycles. The van der Waals surface area contributed by atoms with Crippen molar-refractivity contribution in [3.63, 3.8) is 0 Å². The minimum atomic E-state index is 0.110. The smallest absolute Gasteiger partial charge is 0.274 e. The third-order valence-electron chi connectivity index (χ3n) is 5.83. The van der Waals surface area contributed by atoms with Gasteiger partial charge in [0.1, 0.15) is 11.5 Å². The molecule has 144 valence electrons. The van der Waals surface area contributed by atoms with Gasteiger partial charge < -0.3 is 9.47 Å². The Morgan fingerprint density at radius 3 is 2.48 bits per heavy atom. The maximum absolute atomic E-state index is 13.4. The number of aromatic nitrogens is 2. The molecule has 0 bridgehead atoms. The predicted octanol–water partition coefficient (Wildman–Crippen LogP) is 5.05. The predicted molar refractivity (Wildman–Crippen MR) is 109 cm³/mol. The fraction of sp³-hybridized carbons (Fsp3) is 0.545. The molecule has 1 aromatic heterocycles. The number of imidazole rings is 1. The van der Waals surface area contributed by atoms with E-state index in [9.17, 15) is 4.79 Å². The molecule has 1 fully saturated rings. The van der Waals surface area contributed by atoms with E-state index in [4.69, 9.17) is 16.6 Å². The number of fused-ring (bicyclic) bond motifs is 1. The third kappa shape index (κ3) is 3.77. The molecule has 1 aromatic carbocycles. The normalized spacial score (nSPS) is 23.0. The van der Waals surface area contributed by atoms with Crippen LogP contribution in [0.4, 0.5) is 0 Å². The number of carbonyl (C=O) groups is 1. The molecular formula is C22H28ClN3O. The quantitative estimate of drug-likeness (QED) is 0.725. The molecule has 0 aliphatic carbocycles. The minimum Gasteiger partial charge on any atom is -0.337 e. The summed E-state index contributed by atoms with van der Waals surface area (Å²) in [6, 6.07) is 7.79. The first-order valence-corrected chi connectivity index (χ1v) is 10.6. The van der Waals surface area contributed by atoms with Crippen molar-refractivity contribution in [2.45, 2.75) is 52.5 Å². The van der Waals surface area contributed by atoms with Crippen LogP contribution in [-0.4, -0.2) is 33.4 Å². The molecule has 0 N–H and O–H groups in total. The van der Waals surface area contributed by atoms with Crippen LogP contribution in [0, 0.1) is 11.8 Å². The Labute approximate surface area is 166 Å². The van der Waals surface area contributed by atoms with Gasteiger partial charge in [-0.15, -0.1) is 0 Å². The van der Waals surface area contributed by atoms with Crippen molar-refractivity contribution in [2.75, 3.05) is 13.1 Å². The summed E-state index contributed by atoms with van der Waals surface area (Å²) in [5.74, 6) is 2.12. The molecule has 2 atom stereocenters. The van der Waals surface area contributed by atoms with E-state index in [1.54, 1.807) is 0 Å². The van der Waals surface area contributed by atoms with Crippen LogP contribution in [0.3, 0.4) is 0 Å². The van der Waals surface area contributed by atoms with Crippen LogP contribution >= 0.6 is 11.6 Å². The van der Waals surface area contributed by atoms with E-state index in [1.807, 2.05) is 29.2 Å². The van der Waals surface area contributed by atoms with Gasteiger partial charge in [0.15, 0.2) is 0 Å². The van der Waals surface area contributed by atoms with Gasteiger partial charge >= 0.3 is 0 Å². The van der Waals surface area contributed by atoms with Crippen molar-refractivity contribution in [3.05, 3.63) is 40.7 Å². The van der Waals surface area contributed by atoms with Crippen molar-refractivity contribution >= 4 is 17.5 Å². The van der Waals surface area contributed by atoms with E-state index >= 15 is 0 Å². The highest BCUT2D eigenvalue weighted by atomic mass is 35.5. The highest BCUT2D eigenvalue weighted by Crippen LogP contribution is 2.30. The Bertz CT molecular complexity index is 817. The third-order valence-corrected chi connectivity index (χ3v) is 6.08. The topological polar surface area (TPSA) is 38.1 Å². The zero-order chi connectivity index (χ0) is 19.0. The van der Waals surface area contributed by atoms with E-state index in [1.165, 1.54) is 12.8 Å². The van der Waals surface area contributed by atoms with Crippen LogP contribution in [0.5, 0.6) is 0 Å². The number of likely N-dealkylation sites (tertiary alicyclic amines) is 1. The standard InChI is InChI=1S/C22H28ClN3O/c1-15-12-16(2)14-25(13-15)22(27)20-19-6-4-3-5-11-26(19)21(24-20)17-7-9-18(23)10-8-17/h7-10,15-16H,3-6,11-14H2,1-2H3/t15-,16-/m0/s1. The largest absolute Gasteiger partial charge is 0.337 e. The second-order valence-electron chi connectivity index (χ2n) is 8.36. The second-order valence-corrected chi connectivity index (χ2v) is 8.79. The van der Waals surface area contributed by atoms with E-state index in [0.29, 0.717) is 22.6 Å². The number of rotatable bonds is 2. The molecule has 2 aromatic rings. The lowest BCUT2D eigenvalue weighted by atomic mass is 9.91. The molecule has 27 heavy (non-hydrogen) atoms. The van der Waals surface area contributed by atoms with E-state index in [2.05, 4.69) is 18.4 Å². The lowest BCUT2D eigenvalue weighted by Gasteiger charge is -2.34. The Morgan fingerprint density at radius 1 is 1.07 bits per heavy atom. The Kier molecular flexibility index (Phi) is 5.27. The Morgan fingerprint density at radius 2 is 1.78 bits per heavy atom. The number of hydrogen-bond donors (Lipinski definition) is 0. The fourth-order valence-corrected chi connectivity index (χ4v) is 4.81. The molecule has 2 aliphatic rings. The average Bonchev–Trinajstić information content (AvgIpc) is 2.82. The van der Waals surface area contributed by atoms with Gasteiger partial charge in [-0.1, -0.05) is 31.9 Å². The zero-order valence-corrected chi connectivity index (χ0v) is 17.0. The van der Waals surface area contributed by atoms with Crippen molar-refractivity contribution in [2.24, 2.45) is 11.8 Å². The van der Waals surface area contributed by atoms with E-state index < -0.39 is 0 Å². The van der Waals surface area contributed by atoms with Gasteiger partial charge in [0.2, 0.25) is 0 Å². The number of piperidine rings is 1. The van der Waals surface area contributed by atoms with Crippen LogP contribution in [-0.2, 0) is 13.0 Å². The SMILES string of the molecule is C[C@H]1C[C@H](C)CN(C(=O)c2nc(-c3ccc(Cl)cc3)n3c2CCCCC3)C1. The number of carbonyl (C=O) groups excluding carboxylic acids is 1. The first kappa shape index (κ1) is 18.5. The summed E-state index contributed by atoms with van der Waals surface area (Å²) in [4.78, 5) is 20.3. The summed E-state index contributed by atoms with van der Waals surface area (Å²) < 4.78 is 2.28. The summed E-state index contributed by atoms with van der Waals surface area (Å²) in [6.45, 7) is 7.09. The molecule has 4 nitrogen and oxygen atoms in total. The van der Waals surface area contributed by atoms with Crippen molar-refractivity contribution < 1.29 is 4.79 Å². The van der Waals surface area contributed by atoms with Gasteiger partial charge in [0, 0.05) is 30.2 Å². The average molecular weight is 386 g/mol. The zero-order valence-electron chi connectivity index (χ0n) is 16.2. The Balaban J connectivity index is 1.74. The van der Waals surface area contributed by atoms with Gasteiger partial charge in [0.05, 0.1) is 5.69 Å². The minimum absolute atomic E-state index is 0.110. The first-order chi connectivity index (χ1) is 13.0. The molecule has 4 rings (SSSR count). The molecule has 0 radical (unpaired) electrons. The maximum atomic E-state index is 13.4. The lowest BCUT2D eigenvalue weighted by Crippen LogP contribution is -2.43. The van der Waals surface area contributed by atoms with Gasteiger partial charge in [-0.2, -0.15) is 0 Å². The van der Waals surface area contributed by atoms with Gasteiger partial charge in [-0.05, 0) is 61.8 Å². The highest BCUT2D eigenvalue weighted by Gasteiger charge is 2.31. The number of halogens is 1. The van der Waals surface area contributed by atoms with Gasteiger partial charge in [-0.25, -0.2) is 4.98 Å². The van der Waals surface area contributed by atoms with Gasteiger partial charge in [-0.3, -0.25) is 4.79 Å². The summed E-state index contributed by atoms with van der Waals surface area (Å²) in [7, 11) is 0. The summed E-state index contributed by atoms with van der Waals surface area (Å²) in [5.41, 5.74) is 2.82. The highest BCUT2D eigenvalue weighted by molar-refractivity contribution is 6.30. The summed E-state index contributed by atoms with van der Waals surface area (Å²) in [6.07, 6.45) is 5.59. The number of amides is 1. The summed E-state index contributed by atoms with van der Waals surface area (Å²) in [5, 5.41) is 0.717. The molecule has 3 heterocycles. The molecule has 1 amide bonds. The molecule has 2 aliphatic heterocycles. The molecule has 0 spiro atoms. The van der Waals surface area contributed by atoms with Crippen molar-refractivity contribution in [1.82, 2.24) is 14.5 Å². The number of nitrogens with zero attached hydrogens (tertiary/aromatic N) is 3. The second kappa shape index (κ2) is 7.67. The van der Waals surface area contributed by atoms with Crippen LogP contribution < -0.4 is 0 Å². The van der Waals surface area contributed by atoms with Crippen LogP contribution in [0.2, 0.25) is 5.02 Å². The molecule has 5 heteroatoms. The van der Waals surface area contributed by atoms with Gasteiger partial charge in [0.25, 0.3) is 5.91 Å². The number of benzene rings is 1. The van der Waals surface area contributed by atoms with Crippen molar-refractivity contribution in [1.29, 1.82) is 0 Å². The fourth-order valence-electron chi connectivity index (χ4n) is 4.69. The van der Waals surface area contributed by atoms with Crippen molar-refractivity contribution in [3.8, 4) is 11.4 Å². The maximum Gasteiger partial charge on any atom is 0.274 e. The van der Waals surface area contributed by atoms with Crippen LogP contribution in [0.15, 0.2) is 24.3 Å². The van der Waals surface area contributed by atoms with E-state index in [0.717, 1.165) is 56.0 Å². The molecule has 0 unspecified atom stereocenters. The van der Waals surface area contributed by atoms with Crippen LogP contribution in [0.25, 0.3) is 11.4 Å². The monoisotopic (exact) mass is 385 g/mol. The summed E-state index contributed by atoms with van der Waals surface area (Å²) >= 11 is 6.07. The number of hydrogen-bond acceptors (Lipinski definition) is 2. The lowest BCUT2D eigenvalue weighted by molar-refractivity contribution is 0.0616. The molecule has 1 saturated heterocycles. The van der Waals surface area contributed by atoms with Crippen LogP contribution in [0.1, 0.15) is 55.7 Å². The van der Waals surface area contributed by atoms with E-state index in [-0.39, 0.29) is 5.91 Å². The first-order valence-electron chi connectivity index (χ1n) is 10.2. The Hall–Kier alpha value is -1.81.